The Labute approximate surface area is 165 Å². The molecule has 3 rings (SSSR count). The lowest BCUT2D eigenvalue weighted by Gasteiger charge is -2.18. The molecule has 2 aromatic rings. The molecular weight excluding hydrogens is 376 g/mol. The van der Waals surface area contributed by atoms with Crippen LogP contribution in [0.3, 0.4) is 0 Å². The van der Waals surface area contributed by atoms with Crippen molar-refractivity contribution in [1.82, 2.24) is 0 Å². The summed E-state index contributed by atoms with van der Waals surface area (Å²) in [5.41, 5.74) is 3.10. The minimum absolute atomic E-state index is 0.0983. The Hall–Kier alpha value is -2.15. The first-order chi connectivity index (χ1) is 13.2. The van der Waals surface area contributed by atoms with Gasteiger partial charge >= 0.3 is 0 Å². The predicted molar refractivity (Wildman–Crippen MR) is 112 cm³/mol. The lowest BCUT2D eigenvalue weighted by Crippen LogP contribution is -2.29. The number of rotatable bonds is 6. The molecular formula is C22H26O5S. The number of allylic oxidation sites excluding steroid dienone is 1. The molecule has 1 heterocycles. The van der Waals surface area contributed by atoms with Gasteiger partial charge in [0.15, 0.2) is 9.84 Å². The highest BCUT2D eigenvalue weighted by Gasteiger charge is 2.39. The van der Waals surface area contributed by atoms with E-state index in [9.17, 15) is 23.7 Å². The zero-order valence-electron chi connectivity index (χ0n) is 16.1. The van der Waals surface area contributed by atoms with Crippen LogP contribution in [-0.4, -0.2) is 47.5 Å². The minimum Gasteiger partial charge on any atom is -0.507 e. The van der Waals surface area contributed by atoms with E-state index >= 15 is 0 Å². The van der Waals surface area contributed by atoms with Gasteiger partial charge in [-0.2, -0.15) is 0 Å². The van der Waals surface area contributed by atoms with E-state index in [1.165, 1.54) is 0 Å². The highest BCUT2D eigenvalue weighted by molar-refractivity contribution is 7.92. The van der Waals surface area contributed by atoms with Gasteiger partial charge in [-0.05, 0) is 49.3 Å². The van der Waals surface area contributed by atoms with Crippen LogP contribution in [-0.2, 0) is 9.84 Å². The summed E-state index contributed by atoms with van der Waals surface area (Å²) in [6, 6.07) is 11.1. The Morgan fingerprint density at radius 1 is 1.21 bits per heavy atom. The molecule has 1 aliphatic rings. The largest absolute Gasteiger partial charge is 0.507 e. The molecule has 5 nitrogen and oxygen atoms in total. The van der Waals surface area contributed by atoms with Crippen molar-refractivity contribution in [3.63, 3.8) is 0 Å². The summed E-state index contributed by atoms with van der Waals surface area (Å²) in [5, 5.41) is 30.8. The predicted octanol–water partition coefficient (Wildman–Crippen LogP) is 3.20. The number of sulfone groups is 1. The normalized spacial score (nSPS) is 20.7. The van der Waals surface area contributed by atoms with Crippen LogP contribution in [0.2, 0.25) is 0 Å². The summed E-state index contributed by atoms with van der Waals surface area (Å²) in [7, 11) is -3.42. The van der Waals surface area contributed by atoms with Gasteiger partial charge < -0.3 is 15.3 Å². The molecule has 0 amide bonds. The van der Waals surface area contributed by atoms with Crippen LogP contribution in [0.4, 0.5) is 0 Å². The van der Waals surface area contributed by atoms with Crippen molar-refractivity contribution in [1.29, 1.82) is 0 Å². The summed E-state index contributed by atoms with van der Waals surface area (Å²) < 4.78 is 24.2. The molecule has 0 aliphatic carbocycles. The van der Waals surface area contributed by atoms with Crippen molar-refractivity contribution in [2.24, 2.45) is 0 Å². The first kappa shape index (κ1) is 20.6. The van der Waals surface area contributed by atoms with Gasteiger partial charge in [0.05, 0.1) is 18.5 Å². The van der Waals surface area contributed by atoms with Crippen LogP contribution < -0.4 is 0 Å². The Kier molecular flexibility index (Phi) is 5.93. The van der Waals surface area contributed by atoms with Gasteiger partial charge in [-0.25, -0.2) is 8.42 Å². The van der Waals surface area contributed by atoms with Crippen LogP contribution in [0.1, 0.15) is 32.3 Å². The van der Waals surface area contributed by atoms with E-state index in [-0.39, 0.29) is 11.5 Å². The second kappa shape index (κ2) is 8.07. The highest BCUT2D eigenvalue weighted by atomic mass is 32.2. The first-order valence-electron chi connectivity index (χ1n) is 9.32. The molecule has 2 atom stereocenters. The van der Waals surface area contributed by atoms with Gasteiger partial charge in [0, 0.05) is 5.39 Å². The molecule has 2 aromatic carbocycles. The third-order valence-electron chi connectivity index (χ3n) is 5.36. The monoisotopic (exact) mass is 402 g/mol. The van der Waals surface area contributed by atoms with E-state index in [1.54, 1.807) is 13.0 Å². The van der Waals surface area contributed by atoms with E-state index in [1.807, 2.05) is 43.3 Å². The van der Waals surface area contributed by atoms with Crippen molar-refractivity contribution in [3.05, 3.63) is 58.7 Å². The summed E-state index contributed by atoms with van der Waals surface area (Å²) in [6.07, 6.45) is 2.10. The SMILES string of the molecule is CC1=C([C@H](O)CC/C(C)=C/c2ccc(O)c3ccccc23)[C@H](CO)S(=O)(=O)C1. The smallest absolute Gasteiger partial charge is 0.163 e. The van der Waals surface area contributed by atoms with E-state index in [2.05, 4.69) is 0 Å². The van der Waals surface area contributed by atoms with Gasteiger partial charge in [-0.1, -0.05) is 47.6 Å². The Bertz CT molecular complexity index is 1050. The van der Waals surface area contributed by atoms with E-state index in [4.69, 9.17) is 0 Å². The fourth-order valence-electron chi connectivity index (χ4n) is 3.95. The fourth-order valence-corrected chi connectivity index (χ4v) is 5.90. The van der Waals surface area contributed by atoms with Crippen molar-refractivity contribution in [3.8, 4) is 5.75 Å². The summed E-state index contributed by atoms with van der Waals surface area (Å²) >= 11 is 0. The summed E-state index contributed by atoms with van der Waals surface area (Å²) in [4.78, 5) is 0. The number of benzene rings is 2. The third kappa shape index (κ3) is 3.99. The van der Waals surface area contributed by atoms with Gasteiger partial charge in [0.2, 0.25) is 0 Å². The third-order valence-corrected chi connectivity index (χ3v) is 7.47. The molecule has 0 bridgehead atoms. The molecule has 28 heavy (non-hydrogen) atoms. The zero-order chi connectivity index (χ0) is 20.5. The molecule has 1 aliphatic heterocycles. The maximum Gasteiger partial charge on any atom is 0.163 e. The second-order valence-corrected chi connectivity index (χ2v) is 9.66. The first-order valence-corrected chi connectivity index (χ1v) is 11.0. The maximum atomic E-state index is 12.1. The molecule has 0 spiro atoms. The molecule has 0 radical (unpaired) electrons. The fraction of sp³-hybridized carbons (Fsp3) is 0.364. The van der Waals surface area contributed by atoms with Gasteiger partial charge in [0.25, 0.3) is 0 Å². The van der Waals surface area contributed by atoms with Crippen LogP contribution in [0, 0.1) is 0 Å². The molecule has 150 valence electrons. The van der Waals surface area contributed by atoms with E-state index in [0.717, 1.165) is 21.9 Å². The highest BCUT2D eigenvalue weighted by Crippen LogP contribution is 2.32. The van der Waals surface area contributed by atoms with Crippen LogP contribution in [0.5, 0.6) is 5.75 Å². The molecule has 0 saturated heterocycles. The van der Waals surface area contributed by atoms with Crippen LogP contribution in [0.15, 0.2) is 53.1 Å². The van der Waals surface area contributed by atoms with Crippen molar-refractivity contribution in [2.45, 2.75) is 38.0 Å². The number of hydrogen-bond donors (Lipinski definition) is 3. The molecule has 0 saturated carbocycles. The van der Waals surface area contributed by atoms with Gasteiger partial charge in [-0.15, -0.1) is 0 Å². The number of aliphatic hydroxyl groups excluding tert-OH is 2. The number of aromatic hydroxyl groups is 1. The molecule has 0 fully saturated rings. The van der Waals surface area contributed by atoms with Crippen LogP contribution in [0.25, 0.3) is 16.8 Å². The Balaban J connectivity index is 1.77. The lowest BCUT2D eigenvalue weighted by molar-refractivity contribution is 0.189. The number of aliphatic hydroxyl groups is 2. The maximum absolute atomic E-state index is 12.1. The summed E-state index contributed by atoms with van der Waals surface area (Å²) in [5.74, 6) is 0.139. The molecule has 0 unspecified atom stereocenters. The number of phenols is 1. The average molecular weight is 403 g/mol. The lowest BCUT2D eigenvalue weighted by atomic mass is 9.95. The average Bonchev–Trinajstić information content (AvgIpc) is 2.90. The van der Waals surface area contributed by atoms with Crippen molar-refractivity contribution < 1.29 is 23.7 Å². The number of phenolic OH excluding ortho intramolecular Hbond substituents is 1. The Morgan fingerprint density at radius 3 is 2.57 bits per heavy atom. The Morgan fingerprint density at radius 2 is 1.89 bits per heavy atom. The van der Waals surface area contributed by atoms with Crippen molar-refractivity contribution >= 4 is 26.7 Å². The van der Waals surface area contributed by atoms with Gasteiger partial charge in [0.1, 0.15) is 11.0 Å². The molecule has 6 heteroatoms. The van der Waals surface area contributed by atoms with Gasteiger partial charge in [-0.3, -0.25) is 0 Å². The quantitative estimate of drug-likeness (QED) is 0.645. The second-order valence-electron chi connectivity index (χ2n) is 7.48. The summed E-state index contributed by atoms with van der Waals surface area (Å²) in [6.45, 7) is 3.17. The zero-order valence-corrected chi connectivity index (χ0v) is 16.9. The van der Waals surface area contributed by atoms with Crippen molar-refractivity contribution in [2.75, 3.05) is 12.4 Å². The molecule has 3 N–H and O–H groups in total. The van der Waals surface area contributed by atoms with Crippen LogP contribution >= 0.6 is 0 Å². The van der Waals surface area contributed by atoms with E-state index < -0.39 is 27.8 Å². The number of hydrogen-bond acceptors (Lipinski definition) is 5. The van der Waals surface area contributed by atoms with E-state index in [0.29, 0.717) is 24.0 Å². The number of fused-ring (bicyclic) bond motifs is 1. The molecule has 0 aromatic heterocycles. The standard InChI is InChI=1S/C22H26O5S/c1-14(11-16-8-10-19(24)18-6-4-3-5-17(16)18)7-9-20(25)22-15(2)13-28(26,27)21(22)12-23/h3-6,8,10-11,20-21,23-25H,7,9,12-13H2,1-2H3/b14-11+/t20-,21+/m1/s1. The topological polar surface area (TPSA) is 94.8 Å². The minimum atomic E-state index is -3.42.